The number of hydrazine groups is 1. The Hall–Kier alpha value is -0.850. The summed E-state index contributed by atoms with van der Waals surface area (Å²) in [5, 5.41) is 0. The molecule has 0 aromatic carbocycles. The minimum atomic E-state index is -0.311. The summed E-state index contributed by atoms with van der Waals surface area (Å²) in [7, 11) is 0. The molecule has 0 rings (SSSR count). The number of amides is 2. The Kier molecular flexibility index (Phi) is 9.15. The highest BCUT2D eigenvalue weighted by atomic mass is 16.5. The maximum Gasteiger partial charge on any atom is 0.331 e. The monoisotopic (exact) mass is 219 g/mol. The molecule has 0 radical (unpaired) electrons. The molecular formula is C9H21N3O3. The summed E-state index contributed by atoms with van der Waals surface area (Å²) in [4.78, 5) is 12.8. The molecule has 0 fully saturated rings. The fourth-order valence-electron chi connectivity index (χ4n) is 1.04. The number of nitrogens with zero attached hydrogens (tertiary/aromatic N) is 1. The normalized spacial score (nSPS) is 10.1. The first-order chi connectivity index (χ1) is 7.26. The number of nitrogens with one attached hydrogen (secondary N) is 1. The lowest BCUT2D eigenvalue weighted by molar-refractivity contribution is 0.0925. The Morgan fingerprint density at radius 2 is 1.67 bits per heavy atom. The predicted molar refractivity (Wildman–Crippen MR) is 57.3 cm³/mol. The van der Waals surface area contributed by atoms with Crippen LogP contribution in [-0.2, 0) is 9.47 Å². The average molecular weight is 219 g/mol. The fraction of sp³-hybridized carbons (Fsp3) is 0.889. The van der Waals surface area contributed by atoms with E-state index in [2.05, 4.69) is 5.43 Å². The maximum absolute atomic E-state index is 11.3. The van der Waals surface area contributed by atoms with Crippen molar-refractivity contribution in [2.45, 2.75) is 13.8 Å². The quantitative estimate of drug-likeness (QED) is 0.259. The number of nitrogens with two attached hydrogens (primary N) is 1. The maximum atomic E-state index is 11.3. The molecule has 15 heavy (non-hydrogen) atoms. The number of urea groups is 1. The first kappa shape index (κ1) is 14.2. The molecule has 0 aliphatic rings. The molecule has 90 valence electrons. The van der Waals surface area contributed by atoms with Gasteiger partial charge in [0.05, 0.1) is 13.2 Å². The van der Waals surface area contributed by atoms with Crippen LogP contribution in [-0.4, -0.2) is 50.4 Å². The molecule has 0 bridgehead atoms. The molecule has 0 atom stereocenters. The zero-order valence-corrected chi connectivity index (χ0v) is 9.49. The van der Waals surface area contributed by atoms with Gasteiger partial charge in [-0.2, -0.15) is 0 Å². The smallest absolute Gasteiger partial charge is 0.331 e. The van der Waals surface area contributed by atoms with Gasteiger partial charge < -0.3 is 14.4 Å². The van der Waals surface area contributed by atoms with Crippen LogP contribution in [0.3, 0.4) is 0 Å². The molecule has 0 aliphatic carbocycles. The molecule has 2 amide bonds. The van der Waals surface area contributed by atoms with E-state index in [9.17, 15) is 4.79 Å². The third kappa shape index (κ3) is 7.12. The molecule has 0 heterocycles. The topological polar surface area (TPSA) is 76.8 Å². The summed E-state index contributed by atoms with van der Waals surface area (Å²) in [5.74, 6) is 5.06. The van der Waals surface area contributed by atoms with Crippen molar-refractivity contribution in [2.24, 2.45) is 5.84 Å². The van der Waals surface area contributed by atoms with E-state index >= 15 is 0 Å². The van der Waals surface area contributed by atoms with Crippen LogP contribution in [0.4, 0.5) is 4.79 Å². The van der Waals surface area contributed by atoms with E-state index in [1.807, 2.05) is 13.8 Å². The van der Waals surface area contributed by atoms with Gasteiger partial charge in [0.2, 0.25) is 0 Å². The van der Waals surface area contributed by atoms with Crippen molar-refractivity contribution in [3.05, 3.63) is 0 Å². The SMILES string of the molecule is CCOCCN(CCOCC)C(=O)NN. The lowest BCUT2D eigenvalue weighted by atomic mass is 10.5. The second kappa shape index (κ2) is 9.70. The van der Waals surface area contributed by atoms with Gasteiger partial charge in [0.15, 0.2) is 0 Å². The van der Waals surface area contributed by atoms with E-state index in [1.165, 1.54) is 0 Å². The number of rotatable bonds is 8. The number of ether oxygens (including phenoxy) is 2. The van der Waals surface area contributed by atoms with Crippen LogP contribution in [0.5, 0.6) is 0 Å². The molecule has 6 heteroatoms. The highest BCUT2D eigenvalue weighted by Gasteiger charge is 2.10. The van der Waals surface area contributed by atoms with E-state index in [-0.39, 0.29) is 6.03 Å². The van der Waals surface area contributed by atoms with Gasteiger partial charge >= 0.3 is 6.03 Å². The first-order valence-corrected chi connectivity index (χ1v) is 5.17. The van der Waals surface area contributed by atoms with Crippen LogP contribution in [0.15, 0.2) is 0 Å². The minimum Gasteiger partial charge on any atom is -0.380 e. The first-order valence-electron chi connectivity index (χ1n) is 5.17. The molecule has 3 N–H and O–H groups in total. The Morgan fingerprint density at radius 1 is 1.20 bits per heavy atom. The molecule has 0 unspecified atom stereocenters. The molecule has 0 aromatic rings. The summed E-state index contributed by atoms with van der Waals surface area (Å²) in [6, 6.07) is -0.311. The minimum absolute atomic E-state index is 0.311. The molecule has 0 saturated carbocycles. The molecule has 6 nitrogen and oxygen atoms in total. The van der Waals surface area contributed by atoms with E-state index in [0.29, 0.717) is 39.5 Å². The molecule has 0 spiro atoms. The van der Waals surface area contributed by atoms with Crippen molar-refractivity contribution >= 4 is 6.03 Å². The number of carbonyl (C=O) groups is 1. The van der Waals surface area contributed by atoms with Gasteiger partial charge in [-0.1, -0.05) is 0 Å². The van der Waals surface area contributed by atoms with E-state index in [1.54, 1.807) is 4.90 Å². The van der Waals surface area contributed by atoms with Gasteiger partial charge in [0.25, 0.3) is 0 Å². The zero-order chi connectivity index (χ0) is 11.5. The molecular weight excluding hydrogens is 198 g/mol. The van der Waals surface area contributed by atoms with Crippen molar-refractivity contribution in [3.63, 3.8) is 0 Å². The third-order valence-corrected chi connectivity index (χ3v) is 1.83. The highest BCUT2D eigenvalue weighted by molar-refractivity contribution is 5.73. The summed E-state index contributed by atoms with van der Waals surface area (Å²) in [6.45, 7) is 7.16. The molecule has 0 aliphatic heterocycles. The largest absolute Gasteiger partial charge is 0.380 e. The molecule has 0 saturated heterocycles. The third-order valence-electron chi connectivity index (χ3n) is 1.83. The van der Waals surface area contributed by atoms with Crippen LogP contribution in [0.1, 0.15) is 13.8 Å². The standard InChI is InChI=1S/C9H21N3O3/c1-3-14-7-5-12(9(13)11-10)6-8-15-4-2/h3-8,10H2,1-2H3,(H,11,13). The van der Waals surface area contributed by atoms with Gasteiger partial charge in [0.1, 0.15) is 0 Å². The molecule has 0 aromatic heterocycles. The second-order valence-corrected chi connectivity index (χ2v) is 2.83. The van der Waals surface area contributed by atoms with Crippen molar-refractivity contribution in [3.8, 4) is 0 Å². The van der Waals surface area contributed by atoms with Crippen LogP contribution in [0.2, 0.25) is 0 Å². The van der Waals surface area contributed by atoms with Crippen LogP contribution < -0.4 is 11.3 Å². The van der Waals surface area contributed by atoms with Crippen molar-refractivity contribution in [1.82, 2.24) is 10.3 Å². The Balaban J connectivity index is 3.79. The summed E-state index contributed by atoms with van der Waals surface area (Å²) >= 11 is 0. The summed E-state index contributed by atoms with van der Waals surface area (Å²) < 4.78 is 10.3. The van der Waals surface area contributed by atoms with E-state index in [0.717, 1.165) is 0 Å². The summed E-state index contributed by atoms with van der Waals surface area (Å²) in [6.07, 6.45) is 0. The number of hydrogen-bond donors (Lipinski definition) is 2. The van der Waals surface area contributed by atoms with E-state index in [4.69, 9.17) is 15.3 Å². The Bertz CT molecular complexity index is 157. The van der Waals surface area contributed by atoms with Crippen molar-refractivity contribution in [2.75, 3.05) is 39.5 Å². The van der Waals surface area contributed by atoms with Crippen LogP contribution >= 0.6 is 0 Å². The summed E-state index contributed by atoms with van der Waals surface area (Å²) in [5.41, 5.74) is 2.09. The highest BCUT2D eigenvalue weighted by Crippen LogP contribution is 1.90. The van der Waals surface area contributed by atoms with Crippen molar-refractivity contribution in [1.29, 1.82) is 0 Å². The average Bonchev–Trinajstić information content (AvgIpc) is 2.26. The number of carbonyl (C=O) groups excluding carboxylic acids is 1. The van der Waals surface area contributed by atoms with E-state index < -0.39 is 0 Å². The Labute approximate surface area is 90.7 Å². The lowest BCUT2D eigenvalue weighted by Crippen LogP contribution is -2.46. The second-order valence-electron chi connectivity index (χ2n) is 2.83. The van der Waals surface area contributed by atoms with Gasteiger partial charge in [-0.3, -0.25) is 5.43 Å². The van der Waals surface area contributed by atoms with Crippen molar-refractivity contribution < 1.29 is 14.3 Å². The van der Waals surface area contributed by atoms with Crippen LogP contribution in [0.25, 0.3) is 0 Å². The number of hydrogen-bond acceptors (Lipinski definition) is 4. The lowest BCUT2D eigenvalue weighted by Gasteiger charge is -2.21. The van der Waals surface area contributed by atoms with Gasteiger partial charge in [-0.25, -0.2) is 10.6 Å². The van der Waals surface area contributed by atoms with Gasteiger partial charge in [0, 0.05) is 26.3 Å². The van der Waals surface area contributed by atoms with Gasteiger partial charge in [-0.15, -0.1) is 0 Å². The zero-order valence-electron chi connectivity index (χ0n) is 9.49. The predicted octanol–water partition coefficient (Wildman–Crippen LogP) is -0.0553. The van der Waals surface area contributed by atoms with Gasteiger partial charge in [-0.05, 0) is 13.8 Å². The van der Waals surface area contributed by atoms with Crippen LogP contribution in [0, 0.1) is 0 Å². The Morgan fingerprint density at radius 3 is 2.00 bits per heavy atom. The fourth-order valence-corrected chi connectivity index (χ4v) is 1.04.